The first-order valence-electron chi connectivity index (χ1n) is 7.49. The van der Waals surface area contributed by atoms with Crippen molar-refractivity contribution in [1.82, 2.24) is 5.32 Å². The summed E-state index contributed by atoms with van der Waals surface area (Å²) in [7, 11) is 1.55. The molecule has 0 heterocycles. The van der Waals surface area contributed by atoms with Crippen molar-refractivity contribution in [1.29, 1.82) is 0 Å². The smallest absolute Gasteiger partial charge is 0.338 e. The summed E-state index contributed by atoms with van der Waals surface area (Å²) in [5.74, 6) is -1.38. The van der Waals surface area contributed by atoms with E-state index in [0.717, 1.165) is 5.56 Å². The number of carbonyl (C=O) groups excluding carboxylic acids is 3. The van der Waals surface area contributed by atoms with E-state index >= 15 is 0 Å². The number of ether oxygens (including phenoxy) is 2. The van der Waals surface area contributed by atoms with Crippen molar-refractivity contribution >= 4 is 23.6 Å². The van der Waals surface area contributed by atoms with Crippen molar-refractivity contribution in [3.05, 3.63) is 65.7 Å². The van der Waals surface area contributed by atoms with E-state index in [1.807, 2.05) is 0 Å². The monoisotopic (exact) mass is 342 g/mol. The highest BCUT2D eigenvalue weighted by molar-refractivity contribution is 6.02. The number of carbonyl (C=O) groups is 3. The molecule has 0 radical (unpaired) electrons. The fraction of sp³-hybridized carbons (Fsp3) is 0.167. The third kappa shape index (κ3) is 6.08. The number of methoxy groups -OCH3 is 1. The molecule has 0 fully saturated rings. The van der Waals surface area contributed by atoms with Crippen LogP contribution in [0.5, 0.6) is 0 Å². The van der Waals surface area contributed by atoms with Gasteiger partial charge in [-0.25, -0.2) is 9.59 Å². The first-order valence-corrected chi connectivity index (χ1v) is 7.49. The lowest BCUT2D eigenvalue weighted by molar-refractivity contribution is -0.123. The lowest BCUT2D eigenvalue weighted by Crippen LogP contribution is -2.37. The minimum atomic E-state index is -0.727. The van der Waals surface area contributed by atoms with Crippen LogP contribution in [0.15, 0.2) is 54.6 Å². The fourth-order valence-corrected chi connectivity index (χ4v) is 2.02. The first-order chi connectivity index (χ1) is 12.1. The average molecular weight is 342 g/mol. The van der Waals surface area contributed by atoms with Gasteiger partial charge in [-0.2, -0.15) is 0 Å². The second-order valence-electron chi connectivity index (χ2n) is 5.08. The van der Waals surface area contributed by atoms with Crippen molar-refractivity contribution in [3.8, 4) is 0 Å². The molecule has 0 saturated carbocycles. The number of hydrogen-bond acceptors (Lipinski definition) is 5. The average Bonchev–Trinajstić information content (AvgIpc) is 2.61. The first kappa shape index (κ1) is 18.2. The minimum absolute atomic E-state index is 0.302. The Morgan fingerprint density at radius 1 is 1.00 bits per heavy atom. The Labute approximate surface area is 144 Å². The number of urea groups is 1. The van der Waals surface area contributed by atoms with Crippen molar-refractivity contribution in [2.24, 2.45) is 0 Å². The van der Waals surface area contributed by atoms with Gasteiger partial charge in [0.25, 0.3) is 5.91 Å². The maximum Gasteiger partial charge on any atom is 0.338 e. The molecule has 2 N–H and O–H groups in total. The molecule has 0 unspecified atom stereocenters. The van der Waals surface area contributed by atoms with Crippen LogP contribution in [0.3, 0.4) is 0 Å². The van der Waals surface area contributed by atoms with Gasteiger partial charge in [0.2, 0.25) is 0 Å². The highest BCUT2D eigenvalue weighted by Gasteiger charge is 2.13. The molecule has 130 valence electrons. The van der Waals surface area contributed by atoms with E-state index in [-0.39, 0.29) is 0 Å². The standard InChI is InChI=1S/C18H18N2O5/c1-24-11-13-6-5-7-14(10-13)17(22)25-12-16(21)20-18(23)19-15-8-3-2-4-9-15/h2-10H,11-12H2,1H3,(H2,19,20,21,23). The molecule has 2 rings (SSSR count). The third-order valence-electron chi connectivity index (χ3n) is 3.09. The van der Waals surface area contributed by atoms with E-state index in [9.17, 15) is 14.4 Å². The molecule has 25 heavy (non-hydrogen) atoms. The van der Waals surface area contributed by atoms with Gasteiger partial charge in [-0.05, 0) is 29.8 Å². The van der Waals surface area contributed by atoms with Gasteiger partial charge >= 0.3 is 12.0 Å². The Kier molecular flexibility index (Phi) is 6.67. The second-order valence-corrected chi connectivity index (χ2v) is 5.08. The van der Waals surface area contributed by atoms with Crippen LogP contribution < -0.4 is 10.6 Å². The van der Waals surface area contributed by atoms with Crippen LogP contribution in [0.2, 0.25) is 0 Å². The van der Waals surface area contributed by atoms with Gasteiger partial charge < -0.3 is 14.8 Å². The molecule has 7 heteroatoms. The quantitative estimate of drug-likeness (QED) is 0.786. The van der Waals surface area contributed by atoms with Gasteiger partial charge in [0.15, 0.2) is 6.61 Å². The number of benzene rings is 2. The molecule has 7 nitrogen and oxygen atoms in total. The van der Waals surface area contributed by atoms with Gasteiger partial charge in [-0.15, -0.1) is 0 Å². The second kappa shape index (κ2) is 9.19. The van der Waals surface area contributed by atoms with Crippen LogP contribution in [-0.4, -0.2) is 31.6 Å². The van der Waals surface area contributed by atoms with E-state index in [1.165, 1.54) is 0 Å². The van der Waals surface area contributed by atoms with Gasteiger partial charge in [0.1, 0.15) is 0 Å². The van der Waals surface area contributed by atoms with Crippen LogP contribution in [0.1, 0.15) is 15.9 Å². The summed E-state index contributed by atoms with van der Waals surface area (Å²) in [6.07, 6.45) is 0. The molecule has 2 aromatic carbocycles. The highest BCUT2D eigenvalue weighted by atomic mass is 16.5. The molecule has 2 aromatic rings. The molecule has 0 aliphatic rings. The molecular weight excluding hydrogens is 324 g/mol. The topological polar surface area (TPSA) is 93.7 Å². The largest absolute Gasteiger partial charge is 0.452 e. The number of imide groups is 1. The van der Waals surface area contributed by atoms with Gasteiger partial charge in [-0.3, -0.25) is 10.1 Å². The van der Waals surface area contributed by atoms with Crippen molar-refractivity contribution in [2.75, 3.05) is 19.0 Å². The summed E-state index contributed by atoms with van der Waals surface area (Å²) in [4.78, 5) is 35.3. The summed E-state index contributed by atoms with van der Waals surface area (Å²) >= 11 is 0. The molecule has 0 atom stereocenters. The van der Waals surface area contributed by atoms with Gasteiger partial charge in [0, 0.05) is 12.8 Å². The maximum absolute atomic E-state index is 11.9. The van der Waals surface area contributed by atoms with Gasteiger partial charge in [-0.1, -0.05) is 30.3 Å². The molecule has 0 bridgehead atoms. The Morgan fingerprint density at radius 2 is 1.76 bits per heavy atom. The lowest BCUT2D eigenvalue weighted by atomic mass is 10.1. The van der Waals surface area contributed by atoms with Crippen molar-refractivity contribution < 1.29 is 23.9 Å². The lowest BCUT2D eigenvalue weighted by Gasteiger charge is -2.08. The number of esters is 1. The highest BCUT2D eigenvalue weighted by Crippen LogP contribution is 2.08. The Hall–Kier alpha value is -3.19. The SMILES string of the molecule is COCc1cccc(C(=O)OCC(=O)NC(=O)Nc2ccccc2)c1. The van der Waals surface area contributed by atoms with Gasteiger partial charge in [0.05, 0.1) is 12.2 Å². The Morgan fingerprint density at radius 3 is 2.48 bits per heavy atom. The van der Waals surface area contributed by atoms with E-state index in [4.69, 9.17) is 9.47 Å². The normalized spacial score (nSPS) is 9.96. The minimum Gasteiger partial charge on any atom is -0.452 e. The van der Waals surface area contributed by atoms with Crippen LogP contribution in [0.25, 0.3) is 0 Å². The number of amides is 3. The fourth-order valence-electron chi connectivity index (χ4n) is 2.02. The van der Waals surface area contributed by atoms with Crippen LogP contribution in [0, 0.1) is 0 Å². The molecular formula is C18H18N2O5. The van der Waals surface area contributed by atoms with Crippen LogP contribution >= 0.6 is 0 Å². The summed E-state index contributed by atoms with van der Waals surface area (Å²) < 4.78 is 9.90. The molecule has 0 aromatic heterocycles. The maximum atomic E-state index is 11.9. The van der Waals surface area contributed by atoms with Crippen LogP contribution in [0.4, 0.5) is 10.5 Å². The zero-order chi connectivity index (χ0) is 18.1. The predicted molar refractivity (Wildman–Crippen MR) is 91.0 cm³/mol. The Balaban J connectivity index is 1.80. The number of hydrogen-bond donors (Lipinski definition) is 2. The third-order valence-corrected chi connectivity index (χ3v) is 3.09. The summed E-state index contributed by atoms with van der Waals surface area (Å²) in [5.41, 5.74) is 1.65. The van der Waals surface area contributed by atoms with Crippen molar-refractivity contribution in [2.45, 2.75) is 6.61 Å². The van der Waals surface area contributed by atoms with E-state index < -0.39 is 24.5 Å². The molecule has 0 aliphatic carbocycles. The summed E-state index contributed by atoms with van der Waals surface area (Å²) in [6.45, 7) is -0.198. The molecule has 3 amide bonds. The van der Waals surface area contributed by atoms with E-state index in [2.05, 4.69) is 10.6 Å². The predicted octanol–water partition coefficient (Wildman–Crippen LogP) is 2.34. The zero-order valence-corrected chi connectivity index (χ0v) is 13.7. The summed E-state index contributed by atoms with van der Waals surface area (Å²) in [6, 6.07) is 14.6. The number of rotatable bonds is 6. The molecule has 0 spiro atoms. The Bertz CT molecular complexity index is 746. The van der Waals surface area contributed by atoms with Crippen molar-refractivity contribution in [3.63, 3.8) is 0 Å². The van der Waals surface area contributed by atoms with E-state index in [1.54, 1.807) is 61.7 Å². The number of nitrogens with one attached hydrogen (secondary N) is 2. The number of para-hydroxylation sites is 1. The zero-order valence-electron chi connectivity index (χ0n) is 13.7. The molecule has 0 saturated heterocycles. The number of anilines is 1. The summed E-state index contributed by atoms with van der Waals surface area (Å²) in [5, 5.41) is 4.57. The molecule has 0 aliphatic heterocycles. The van der Waals surface area contributed by atoms with E-state index in [0.29, 0.717) is 17.9 Å². The van der Waals surface area contributed by atoms with Crippen LogP contribution in [-0.2, 0) is 20.9 Å².